The van der Waals surface area contributed by atoms with Gasteiger partial charge in [-0.25, -0.2) is 9.18 Å². The van der Waals surface area contributed by atoms with Crippen molar-refractivity contribution in [2.24, 2.45) is 0 Å². The molecule has 1 aromatic rings. The van der Waals surface area contributed by atoms with Crippen molar-refractivity contribution in [2.75, 3.05) is 13.1 Å². The molecular formula is C11H12FNO3S. The van der Waals surface area contributed by atoms with Crippen molar-refractivity contribution in [3.63, 3.8) is 0 Å². The zero-order chi connectivity index (χ0) is 12.6. The van der Waals surface area contributed by atoms with Crippen LogP contribution in [0, 0.1) is 6.92 Å². The summed E-state index contributed by atoms with van der Waals surface area (Å²) >= 11 is 1.29. The summed E-state index contributed by atoms with van der Waals surface area (Å²) < 4.78 is 13.8. The Hall–Kier alpha value is -1.43. The second-order valence-corrected chi connectivity index (χ2v) is 5.10. The number of hydrogen-bond acceptors (Lipinski definition) is 3. The summed E-state index contributed by atoms with van der Waals surface area (Å²) in [7, 11) is 0. The Balaban J connectivity index is 2.15. The van der Waals surface area contributed by atoms with E-state index in [1.807, 2.05) is 6.07 Å². The molecule has 92 valence electrons. The average molecular weight is 257 g/mol. The van der Waals surface area contributed by atoms with E-state index < -0.39 is 11.6 Å². The molecule has 2 rings (SSSR count). The van der Waals surface area contributed by atoms with Crippen LogP contribution in [0.5, 0.6) is 0 Å². The van der Waals surface area contributed by atoms with Crippen LogP contribution in [0.25, 0.3) is 0 Å². The molecule has 1 fully saturated rings. The standard InChI is InChI=1S/C11H12FNO3S/c1-7-2-5-17-8(7)9(14)13-4-3-11(12,6-13)10(15)16/h2,5H,3-4,6H2,1H3,(H,15,16). The van der Waals surface area contributed by atoms with Crippen LogP contribution in [0.2, 0.25) is 0 Å². The van der Waals surface area contributed by atoms with Crippen LogP contribution in [0.3, 0.4) is 0 Å². The lowest BCUT2D eigenvalue weighted by atomic mass is 10.1. The van der Waals surface area contributed by atoms with Crippen LogP contribution in [0.1, 0.15) is 21.7 Å². The van der Waals surface area contributed by atoms with Crippen LogP contribution in [-0.2, 0) is 4.79 Å². The number of aryl methyl sites for hydroxylation is 1. The van der Waals surface area contributed by atoms with Crippen molar-refractivity contribution in [3.05, 3.63) is 21.9 Å². The molecule has 0 aliphatic carbocycles. The Morgan fingerprint density at radius 1 is 1.59 bits per heavy atom. The molecule has 1 saturated heterocycles. The third kappa shape index (κ3) is 2.04. The molecule has 6 heteroatoms. The summed E-state index contributed by atoms with van der Waals surface area (Å²) in [6.45, 7) is 1.59. The van der Waals surface area contributed by atoms with Gasteiger partial charge in [0.2, 0.25) is 5.67 Å². The van der Waals surface area contributed by atoms with Crippen molar-refractivity contribution in [2.45, 2.75) is 19.0 Å². The lowest BCUT2D eigenvalue weighted by Crippen LogP contribution is -2.38. The number of carboxylic acid groups (broad SMARTS) is 1. The van der Waals surface area contributed by atoms with E-state index in [9.17, 15) is 14.0 Å². The monoisotopic (exact) mass is 257 g/mol. The lowest BCUT2D eigenvalue weighted by molar-refractivity contribution is -0.149. The predicted octanol–water partition coefficient (Wildman–Crippen LogP) is 1.70. The number of carboxylic acids is 1. The van der Waals surface area contributed by atoms with E-state index >= 15 is 0 Å². The molecule has 1 aromatic heterocycles. The molecule has 1 N–H and O–H groups in total. The van der Waals surface area contributed by atoms with E-state index in [2.05, 4.69) is 0 Å². The average Bonchev–Trinajstić information content (AvgIpc) is 2.85. The van der Waals surface area contributed by atoms with Crippen molar-refractivity contribution >= 4 is 23.2 Å². The zero-order valence-electron chi connectivity index (χ0n) is 9.27. The first kappa shape index (κ1) is 12.0. The van der Waals surface area contributed by atoms with Gasteiger partial charge < -0.3 is 10.0 Å². The number of rotatable bonds is 2. The Morgan fingerprint density at radius 3 is 2.76 bits per heavy atom. The number of hydrogen-bond donors (Lipinski definition) is 1. The number of carbonyl (C=O) groups is 2. The molecule has 17 heavy (non-hydrogen) atoms. The van der Waals surface area contributed by atoms with Crippen LogP contribution in [0.4, 0.5) is 4.39 Å². The smallest absolute Gasteiger partial charge is 0.343 e. The van der Waals surface area contributed by atoms with Gasteiger partial charge in [0.05, 0.1) is 11.4 Å². The summed E-state index contributed by atoms with van der Waals surface area (Å²) in [5, 5.41) is 10.5. The van der Waals surface area contributed by atoms with Gasteiger partial charge >= 0.3 is 5.97 Å². The summed E-state index contributed by atoms with van der Waals surface area (Å²) in [6.07, 6.45) is -0.140. The van der Waals surface area contributed by atoms with Gasteiger partial charge in [-0.15, -0.1) is 11.3 Å². The van der Waals surface area contributed by atoms with Crippen molar-refractivity contribution in [1.82, 2.24) is 4.90 Å². The second kappa shape index (κ2) is 4.10. The SMILES string of the molecule is Cc1ccsc1C(=O)N1CCC(F)(C(=O)O)C1. The van der Waals surface area contributed by atoms with Crippen molar-refractivity contribution in [3.8, 4) is 0 Å². The Labute approximate surface area is 102 Å². The van der Waals surface area contributed by atoms with Gasteiger partial charge in [0.15, 0.2) is 0 Å². The summed E-state index contributed by atoms with van der Waals surface area (Å²) in [5.41, 5.74) is -1.45. The highest BCUT2D eigenvalue weighted by Crippen LogP contribution is 2.28. The fourth-order valence-electron chi connectivity index (χ4n) is 1.86. The summed E-state index contributed by atoms with van der Waals surface area (Å²) in [4.78, 5) is 24.6. The fourth-order valence-corrected chi connectivity index (χ4v) is 2.75. The van der Waals surface area contributed by atoms with E-state index in [-0.39, 0.29) is 25.4 Å². The minimum absolute atomic E-state index is 0.140. The Kier molecular flexibility index (Phi) is 2.91. The highest BCUT2D eigenvalue weighted by molar-refractivity contribution is 7.12. The number of alkyl halides is 1. The molecule has 4 nitrogen and oxygen atoms in total. The molecule has 2 heterocycles. The number of aliphatic carboxylic acids is 1. The van der Waals surface area contributed by atoms with Gasteiger partial charge in [0, 0.05) is 13.0 Å². The van der Waals surface area contributed by atoms with E-state index in [0.29, 0.717) is 4.88 Å². The molecule has 1 atom stereocenters. The van der Waals surface area contributed by atoms with Crippen molar-refractivity contribution < 1.29 is 19.1 Å². The maximum absolute atomic E-state index is 13.8. The molecule has 1 unspecified atom stereocenters. The third-order valence-corrected chi connectivity index (χ3v) is 3.95. The molecule has 0 spiro atoms. The van der Waals surface area contributed by atoms with Gasteiger partial charge in [-0.3, -0.25) is 4.79 Å². The number of nitrogens with zero attached hydrogens (tertiary/aromatic N) is 1. The largest absolute Gasteiger partial charge is 0.479 e. The normalized spacial score (nSPS) is 24.0. The number of thiophene rings is 1. The number of amides is 1. The maximum atomic E-state index is 13.8. The van der Waals surface area contributed by atoms with Crippen LogP contribution in [0.15, 0.2) is 11.4 Å². The first-order valence-corrected chi connectivity index (χ1v) is 6.08. The Bertz CT molecular complexity index is 473. The van der Waals surface area contributed by atoms with Gasteiger partial charge in [-0.2, -0.15) is 0 Å². The van der Waals surface area contributed by atoms with Gasteiger partial charge in [-0.1, -0.05) is 0 Å². The quantitative estimate of drug-likeness (QED) is 0.877. The number of halogens is 1. The molecule has 0 aromatic carbocycles. The Morgan fingerprint density at radius 2 is 2.29 bits per heavy atom. The molecule has 0 saturated carbocycles. The van der Waals surface area contributed by atoms with Crippen LogP contribution >= 0.6 is 11.3 Å². The zero-order valence-corrected chi connectivity index (χ0v) is 10.1. The fraction of sp³-hybridized carbons (Fsp3) is 0.455. The van der Waals surface area contributed by atoms with Crippen LogP contribution in [-0.4, -0.2) is 40.6 Å². The van der Waals surface area contributed by atoms with E-state index in [0.717, 1.165) is 5.56 Å². The maximum Gasteiger partial charge on any atom is 0.343 e. The third-order valence-electron chi connectivity index (χ3n) is 2.95. The van der Waals surface area contributed by atoms with Gasteiger partial charge in [0.25, 0.3) is 5.91 Å². The minimum Gasteiger partial charge on any atom is -0.479 e. The van der Waals surface area contributed by atoms with E-state index in [1.165, 1.54) is 16.2 Å². The van der Waals surface area contributed by atoms with Crippen LogP contribution < -0.4 is 0 Å². The first-order valence-electron chi connectivity index (χ1n) is 5.20. The lowest BCUT2D eigenvalue weighted by Gasteiger charge is -2.17. The van der Waals surface area contributed by atoms with Crippen molar-refractivity contribution in [1.29, 1.82) is 0 Å². The molecule has 1 aliphatic rings. The first-order chi connectivity index (χ1) is 7.94. The molecule has 1 amide bonds. The molecule has 1 aliphatic heterocycles. The molecular weight excluding hydrogens is 245 g/mol. The topological polar surface area (TPSA) is 57.6 Å². The highest BCUT2D eigenvalue weighted by atomic mass is 32.1. The van der Waals surface area contributed by atoms with E-state index in [4.69, 9.17) is 5.11 Å². The predicted molar refractivity (Wildman–Crippen MR) is 61.1 cm³/mol. The van der Waals surface area contributed by atoms with Gasteiger partial charge in [0.1, 0.15) is 0 Å². The minimum atomic E-state index is -2.29. The molecule has 0 bridgehead atoms. The number of likely N-dealkylation sites (tertiary alicyclic amines) is 1. The second-order valence-electron chi connectivity index (χ2n) is 4.18. The van der Waals surface area contributed by atoms with E-state index in [1.54, 1.807) is 12.3 Å². The summed E-state index contributed by atoms with van der Waals surface area (Å²) in [5.74, 6) is -1.77. The van der Waals surface area contributed by atoms with Gasteiger partial charge in [-0.05, 0) is 23.9 Å². The number of carbonyl (C=O) groups excluding carboxylic acids is 1. The highest BCUT2D eigenvalue weighted by Gasteiger charge is 2.47. The molecule has 0 radical (unpaired) electrons. The summed E-state index contributed by atoms with van der Waals surface area (Å²) in [6, 6.07) is 1.81.